The predicted molar refractivity (Wildman–Crippen MR) is 165 cm³/mol. The Hall–Kier alpha value is -3.16. The Morgan fingerprint density at radius 3 is 2.38 bits per heavy atom. The number of likely N-dealkylation sites (tertiary alicyclic amines) is 1. The average Bonchev–Trinajstić information content (AvgIpc) is 3.23. The van der Waals surface area contributed by atoms with Crippen molar-refractivity contribution in [1.29, 1.82) is 0 Å². The van der Waals surface area contributed by atoms with Gasteiger partial charge in [-0.1, -0.05) is 61.2 Å². The van der Waals surface area contributed by atoms with E-state index in [2.05, 4.69) is 25.1 Å². The molecular weight excluding hydrogens is 525 g/mol. The minimum atomic E-state index is -0.964. The van der Waals surface area contributed by atoms with Crippen molar-refractivity contribution >= 4 is 30.6 Å². The molecule has 6 rings (SSSR count). The number of aromatic hydroxyl groups is 1. The molecule has 220 valence electrons. The van der Waals surface area contributed by atoms with Crippen molar-refractivity contribution in [1.82, 2.24) is 4.90 Å². The number of carbonyl (C=O) groups excluding carboxylic acids is 2. The van der Waals surface area contributed by atoms with Crippen LogP contribution in [-0.4, -0.2) is 46.1 Å². The third-order valence-electron chi connectivity index (χ3n) is 10.1. The smallest absolute Gasteiger partial charge is 0.455 e. The van der Waals surface area contributed by atoms with Crippen LogP contribution >= 0.6 is 0 Å². The van der Waals surface area contributed by atoms with Crippen LogP contribution in [-0.2, 0) is 14.2 Å². The molecule has 2 heterocycles. The summed E-state index contributed by atoms with van der Waals surface area (Å²) in [6.45, 7) is 5.91. The van der Waals surface area contributed by atoms with E-state index < -0.39 is 13.0 Å². The van der Waals surface area contributed by atoms with Gasteiger partial charge in [0.15, 0.2) is 0 Å². The molecule has 2 aliphatic heterocycles. The topological polar surface area (TPSA) is 87.1 Å². The fourth-order valence-electron chi connectivity index (χ4n) is 8.16. The van der Waals surface area contributed by atoms with Crippen molar-refractivity contribution in [3.8, 4) is 5.75 Å². The van der Waals surface area contributed by atoms with E-state index >= 15 is 0 Å². The lowest BCUT2D eigenvalue weighted by Gasteiger charge is -2.42. The summed E-state index contributed by atoms with van der Waals surface area (Å²) in [5.74, 6) is -0.589. The maximum Gasteiger partial charge on any atom is 0.455 e. The summed E-state index contributed by atoms with van der Waals surface area (Å²) in [4.78, 5) is 29.1. The molecule has 1 saturated carbocycles. The van der Waals surface area contributed by atoms with Gasteiger partial charge < -0.3 is 14.8 Å². The van der Waals surface area contributed by atoms with Crippen LogP contribution in [0.1, 0.15) is 80.5 Å². The van der Waals surface area contributed by atoms with Crippen molar-refractivity contribution in [2.24, 2.45) is 17.8 Å². The third-order valence-corrected chi connectivity index (χ3v) is 10.1. The van der Waals surface area contributed by atoms with Gasteiger partial charge in [-0.3, -0.25) is 14.5 Å². The van der Waals surface area contributed by atoms with E-state index in [1.165, 1.54) is 6.42 Å². The number of carbonyl (C=O) groups is 2. The first-order valence-electron chi connectivity index (χ1n) is 15.7. The van der Waals surface area contributed by atoms with E-state index in [1.807, 2.05) is 44.2 Å². The van der Waals surface area contributed by atoms with Crippen LogP contribution in [0.4, 0.5) is 0 Å². The molecule has 0 unspecified atom stereocenters. The first-order valence-corrected chi connectivity index (χ1v) is 15.7. The lowest BCUT2D eigenvalue weighted by molar-refractivity contribution is -0.143. The lowest BCUT2D eigenvalue weighted by Crippen LogP contribution is -2.46. The number of phenolic OH excluding ortho intramolecular Hbond substituents is 1. The fraction of sp³-hybridized carbons (Fsp3) is 0.486. The maximum atomic E-state index is 13.9. The second-order valence-corrected chi connectivity index (χ2v) is 12.9. The highest BCUT2D eigenvalue weighted by Crippen LogP contribution is 2.51. The molecule has 0 aromatic heterocycles. The number of benzene rings is 2. The van der Waals surface area contributed by atoms with Crippen molar-refractivity contribution in [3.63, 3.8) is 0 Å². The Morgan fingerprint density at radius 1 is 1.00 bits per heavy atom. The zero-order valence-corrected chi connectivity index (χ0v) is 25.0. The first kappa shape index (κ1) is 28.9. The number of phenols is 1. The number of hydrogen-bond acceptors (Lipinski definition) is 5. The van der Waals surface area contributed by atoms with Crippen LogP contribution in [0.25, 0.3) is 11.6 Å². The van der Waals surface area contributed by atoms with Gasteiger partial charge in [0.2, 0.25) is 11.8 Å². The molecule has 2 N–H and O–H groups in total. The van der Waals surface area contributed by atoms with E-state index in [0.29, 0.717) is 31.3 Å². The molecular formula is C35H42BNO5. The number of nitrogens with zero attached hydrogens (tertiary/aromatic N) is 1. The molecule has 2 aromatic rings. The van der Waals surface area contributed by atoms with Crippen LogP contribution in [0.2, 0.25) is 6.32 Å². The Labute approximate surface area is 249 Å². The largest absolute Gasteiger partial charge is 0.507 e. The molecule has 2 aromatic carbocycles. The van der Waals surface area contributed by atoms with Crippen LogP contribution in [0.15, 0.2) is 53.6 Å². The molecule has 3 fully saturated rings. The van der Waals surface area contributed by atoms with E-state index in [1.54, 1.807) is 4.90 Å². The summed E-state index contributed by atoms with van der Waals surface area (Å²) in [5.41, 5.74) is 7.22. The van der Waals surface area contributed by atoms with Gasteiger partial charge in [-0.25, -0.2) is 0 Å². The van der Waals surface area contributed by atoms with Crippen LogP contribution in [0.3, 0.4) is 0 Å². The SMILES string of the molecule is CC1=C2[C@@H](CC/C(=C/c3cc(C)c(O)c(C)c3)c3ccccc3)OB(O)C[C@@H]2[C@@H]2C(=O)N(C3CCCCC3)C(=O)[C@@H]2C1. The number of aryl methyl sites for hydroxylation is 2. The molecule has 7 heteroatoms. The van der Waals surface area contributed by atoms with Gasteiger partial charge in [0.25, 0.3) is 0 Å². The number of hydrogen-bond donors (Lipinski definition) is 2. The molecule has 4 aliphatic rings. The molecule has 2 saturated heterocycles. The van der Waals surface area contributed by atoms with Gasteiger partial charge in [0.05, 0.1) is 17.9 Å². The quantitative estimate of drug-likeness (QED) is 0.181. The zero-order valence-electron chi connectivity index (χ0n) is 25.0. The molecule has 6 nitrogen and oxygen atoms in total. The summed E-state index contributed by atoms with van der Waals surface area (Å²) in [6.07, 6.45) is 9.28. The van der Waals surface area contributed by atoms with Crippen molar-refractivity contribution < 1.29 is 24.4 Å². The zero-order chi connectivity index (χ0) is 29.5. The number of fused-ring (bicyclic) bond motifs is 3. The number of imide groups is 1. The normalized spacial score (nSPS) is 27.0. The lowest BCUT2D eigenvalue weighted by atomic mass is 9.58. The van der Waals surface area contributed by atoms with Gasteiger partial charge >= 0.3 is 7.12 Å². The minimum Gasteiger partial charge on any atom is -0.507 e. The highest BCUT2D eigenvalue weighted by molar-refractivity contribution is 6.43. The van der Waals surface area contributed by atoms with Crippen LogP contribution in [0.5, 0.6) is 5.75 Å². The number of allylic oxidation sites excluding steroid dienone is 2. The van der Waals surface area contributed by atoms with Crippen molar-refractivity contribution in [3.05, 3.63) is 75.9 Å². The molecule has 42 heavy (non-hydrogen) atoms. The summed E-state index contributed by atoms with van der Waals surface area (Å²) in [5, 5.41) is 21.2. The summed E-state index contributed by atoms with van der Waals surface area (Å²) in [6, 6.07) is 14.3. The summed E-state index contributed by atoms with van der Waals surface area (Å²) in [7, 11) is -0.964. The maximum absolute atomic E-state index is 13.9. The van der Waals surface area contributed by atoms with E-state index in [-0.39, 0.29) is 35.8 Å². The Morgan fingerprint density at radius 2 is 1.69 bits per heavy atom. The van der Waals surface area contributed by atoms with Crippen molar-refractivity contribution in [2.45, 2.75) is 90.6 Å². The second kappa shape index (κ2) is 11.9. The highest BCUT2D eigenvalue weighted by atomic mass is 16.5. The monoisotopic (exact) mass is 567 g/mol. The molecule has 2 amide bonds. The molecule has 2 aliphatic carbocycles. The Kier molecular flexibility index (Phi) is 8.17. The molecule has 4 atom stereocenters. The van der Waals surface area contributed by atoms with E-state index in [9.17, 15) is 19.7 Å². The Bertz CT molecular complexity index is 1400. The Balaban J connectivity index is 1.28. The molecule has 0 bridgehead atoms. The van der Waals surface area contributed by atoms with E-state index in [0.717, 1.165) is 64.7 Å². The summed E-state index contributed by atoms with van der Waals surface area (Å²) < 4.78 is 6.20. The van der Waals surface area contributed by atoms with Gasteiger partial charge in [-0.2, -0.15) is 0 Å². The minimum absolute atomic E-state index is 0.00149. The van der Waals surface area contributed by atoms with Gasteiger partial charge in [0, 0.05) is 6.04 Å². The highest BCUT2D eigenvalue weighted by Gasteiger charge is 2.57. The van der Waals surface area contributed by atoms with Crippen molar-refractivity contribution in [2.75, 3.05) is 0 Å². The molecule has 0 radical (unpaired) electrons. The predicted octanol–water partition coefficient (Wildman–Crippen LogP) is 6.48. The number of rotatable bonds is 6. The summed E-state index contributed by atoms with van der Waals surface area (Å²) >= 11 is 0. The van der Waals surface area contributed by atoms with Gasteiger partial charge in [0.1, 0.15) is 5.75 Å². The van der Waals surface area contributed by atoms with Gasteiger partial charge in [-0.15, -0.1) is 0 Å². The van der Waals surface area contributed by atoms with Crippen LogP contribution < -0.4 is 0 Å². The standard InChI is InChI=1S/C35H42BNO5/c1-21-18-28-32(35(40)37(34(28)39)27-12-8-5-9-13-27)29-20-36(41)42-30(31(21)29)15-14-26(25-10-6-4-7-11-25)19-24-16-22(2)33(38)23(3)17-24/h4,6-7,10-11,16-17,19,27-30,32,38,41H,5,8-9,12-15,18,20H2,1-3H3/b26-19-/t28-,29+,30-,32-/m1/s1. The first-order chi connectivity index (χ1) is 20.2. The average molecular weight is 568 g/mol. The van der Waals surface area contributed by atoms with Gasteiger partial charge in [-0.05, 0) is 111 Å². The number of amides is 2. The second-order valence-electron chi connectivity index (χ2n) is 12.9. The van der Waals surface area contributed by atoms with Crippen LogP contribution in [0, 0.1) is 31.6 Å². The third kappa shape index (κ3) is 5.38. The van der Waals surface area contributed by atoms with E-state index in [4.69, 9.17) is 4.65 Å². The fourth-order valence-corrected chi connectivity index (χ4v) is 8.16. The molecule has 0 spiro atoms.